The number of fused-ring (bicyclic) bond motifs is 2. The molecule has 0 radical (unpaired) electrons. The summed E-state index contributed by atoms with van der Waals surface area (Å²) in [5.41, 5.74) is 0.851. The van der Waals surface area contributed by atoms with Crippen molar-refractivity contribution in [3.63, 3.8) is 0 Å². The van der Waals surface area contributed by atoms with E-state index in [1.807, 2.05) is 26.0 Å². The van der Waals surface area contributed by atoms with E-state index >= 15 is 0 Å². The highest BCUT2D eigenvalue weighted by atomic mass is 32.2. The molecule has 1 saturated carbocycles. The highest BCUT2D eigenvalue weighted by Crippen LogP contribution is 2.58. The van der Waals surface area contributed by atoms with Crippen LogP contribution in [0.5, 0.6) is 0 Å². The minimum absolute atomic E-state index is 0.127. The number of nitrogens with zero attached hydrogens (tertiary/aromatic N) is 1. The second kappa shape index (κ2) is 3.40. The first-order valence-electron chi connectivity index (χ1n) is 6.69. The lowest BCUT2D eigenvalue weighted by atomic mass is 9.91. The van der Waals surface area contributed by atoms with Gasteiger partial charge in [-0.15, -0.1) is 0 Å². The molecule has 3 fully saturated rings. The second-order valence-electron chi connectivity index (χ2n) is 6.14. The summed E-state index contributed by atoms with van der Waals surface area (Å²) in [4.78, 5) is 0.406. The lowest BCUT2D eigenvalue weighted by Crippen LogP contribution is -2.24. The third-order valence-corrected chi connectivity index (χ3v) is 6.83. The molecule has 0 N–H and O–H groups in total. The number of rotatable bonds is 2. The Kier molecular flexibility index (Phi) is 2.12. The van der Waals surface area contributed by atoms with Crippen molar-refractivity contribution >= 4 is 10.0 Å². The molecule has 5 atom stereocenters. The minimum Gasteiger partial charge on any atom is -0.369 e. The van der Waals surface area contributed by atoms with Gasteiger partial charge in [0.15, 0.2) is 0 Å². The van der Waals surface area contributed by atoms with Crippen LogP contribution in [0.25, 0.3) is 0 Å². The Bertz CT molecular complexity index is 639. The van der Waals surface area contributed by atoms with Gasteiger partial charge in [-0.2, -0.15) is 4.31 Å². The Morgan fingerprint density at radius 1 is 1.26 bits per heavy atom. The smallest absolute Gasteiger partial charge is 0.243 e. The fourth-order valence-corrected chi connectivity index (χ4v) is 5.56. The van der Waals surface area contributed by atoms with Crippen molar-refractivity contribution in [2.45, 2.75) is 55.4 Å². The summed E-state index contributed by atoms with van der Waals surface area (Å²) in [5, 5.41) is 0. The molecule has 2 aliphatic heterocycles. The molecule has 2 saturated heterocycles. The lowest BCUT2D eigenvalue weighted by Gasteiger charge is -2.12. The average Bonchev–Trinajstić information content (AvgIpc) is 3.19. The van der Waals surface area contributed by atoms with Crippen LogP contribution in [0, 0.1) is 6.92 Å². The molecule has 19 heavy (non-hydrogen) atoms. The molecule has 1 aliphatic carbocycles. The van der Waals surface area contributed by atoms with E-state index in [1.165, 1.54) is 0 Å². The summed E-state index contributed by atoms with van der Waals surface area (Å²) in [6.07, 6.45) is 2.29. The summed E-state index contributed by atoms with van der Waals surface area (Å²) in [7, 11) is -3.35. The number of hydrogen-bond donors (Lipinski definition) is 0. The van der Waals surface area contributed by atoms with Gasteiger partial charge in [0, 0.05) is 6.04 Å². The van der Waals surface area contributed by atoms with E-state index < -0.39 is 10.0 Å². The summed E-state index contributed by atoms with van der Waals surface area (Å²) < 4.78 is 32.6. The Balaban J connectivity index is 1.68. The van der Waals surface area contributed by atoms with E-state index in [9.17, 15) is 8.42 Å². The molecule has 1 aromatic rings. The van der Waals surface area contributed by atoms with Crippen molar-refractivity contribution in [3.05, 3.63) is 29.8 Å². The first-order chi connectivity index (χ1) is 8.93. The van der Waals surface area contributed by atoms with Gasteiger partial charge in [-0.1, -0.05) is 17.7 Å². The predicted molar refractivity (Wildman–Crippen MR) is 70.3 cm³/mol. The van der Waals surface area contributed by atoms with E-state index in [-0.39, 0.29) is 11.6 Å². The van der Waals surface area contributed by atoms with Gasteiger partial charge in [0.25, 0.3) is 0 Å². The zero-order valence-electron chi connectivity index (χ0n) is 11.0. The number of aryl methyl sites for hydroxylation is 1. The van der Waals surface area contributed by atoms with Gasteiger partial charge in [-0.3, -0.25) is 0 Å². The van der Waals surface area contributed by atoms with Gasteiger partial charge in [-0.05, 0) is 38.8 Å². The van der Waals surface area contributed by atoms with Crippen molar-refractivity contribution in [2.75, 3.05) is 0 Å². The van der Waals surface area contributed by atoms with Crippen LogP contribution >= 0.6 is 0 Å². The average molecular weight is 279 g/mol. The van der Waals surface area contributed by atoms with Gasteiger partial charge in [0.1, 0.15) is 0 Å². The summed E-state index contributed by atoms with van der Waals surface area (Å²) in [5.74, 6) is 0. The van der Waals surface area contributed by atoms with E-state index in [4.69, 9.17) is 4.74 Å². The maximum Gasteiger partial charge on any atom is 0.243 e. The molecule has 4 nitrogen and oxygen atoms in total. The molecule has 0 bridgehead atoms. The maximum atomic E-state index is 12.7. The summed E-state index contributed by atoms with van der Waals surface area (Å²) in [6.45, 7) is 4.00. The fraction of sp³-hybridized carbons (Fsp3) is 0.571. The van der Waals surface area contributed by atoms with Crippen LogP contribution in [0.4, 0.5) is 0 Å². The molecule has 1 aromatic carbocycles. The second-order valence-corrected chi connectivity index (χ2v) is 7.95. The maximum absolute atomic E-state index is 12.7. The molecule has 0 amide bonds. The highest BCUT2D eigenvalue weighted by molar-refractivity contribution is 7.89. The Labute approximate surface area is 113 Å². The van der Waals surface area contributed by atoms with Gasteiger partial charge < -0.3 is 4.74 Å². The van der Waals surface area contributed by atoms with E-state index in [1.54, 1.807) is 16.4 Å². The molecular weight excluding hydrogens is 262 g/mol. The van der Waals surface area contributed by atoms with Crippen LogP contribution in [0.2, 0.25) is 0 Å². The van der Waals surface area contributed by atoms with Crippen molar-refractivity contribution in [3.8, 4) is 0 Å². The molecule has 3 aliphatic rings. The van der Waals surface area contributed by atoms with Crippen LogP contribution in [0.1, 0.15) is 25.3 Å². The van der Waals surface area contributed by atoms with Crippen LogP contribution in [-0.4, -0.2) is 36.5 Å². The molecule has 102 valence electrons. The molecule has 0 aromatic heterocycles. The molecule has 4 rings (SSSR count). The first kappa shape index (κ1) is 11.9. The van der Waals surface area contributed by atoms with E-state index in [2.05, 4.69) is 0 Å². The van der Waals surface area contributed by atoms with Gasteiger partial charge in [0.2, 0.25) is 10.0 Å². The predicted octanol–water partition coefficient (Wildman–Crippen LogP) is 1.69. The number of sulfonamides is 1. The molecule has 2 heterocycles. The Morgan fingerprint density at radius 2 is 1.95 bits per heavy atom. The Hall–Kier alpha value is -0.910. The number of benzene rings is 1. The van der Waals surface area contributed by atoms with Gasteiger partial charge >= 0.3 is 0 Å². The Morgan fingerprint density at radius 3 is 2.58 bits per heavy atom. The van der Waals surface area contributed by atoms with Crippen molar-refractivity contribution < 1.29 is 13.2 Å². The van der Waals surface area contributed by atoms with Crippen molar-refractivity contribution in [1.29, 1.82) is 0 Å². The summed E-state index contributed by atoms with van der Waals surface area (Å²) in [6, 6.07) is 7.24. The minimum atomic E-state index is -3.35. The van der Waals surface area contributed by atoms with Crippen molar-refractivity contribution in [2.24, 2.45) is 0 Å². The quantitative estimate of drug-likeness (QED) is 0.774. The zero-order chi connectivity index (χ0) is 13.4. The van der Waals surface area contributed by atoms with Crippen LogP contribution in [-0.2, 0) is 14.8 Å². The third-order valence-electron chi connectivity index (χ3n) is 4.77. The zero-order valence-corrected chi connectivity index (χ0v) is 11.9. The molecule has 1 unspecified atom stereocenters. The van der Waals surface area contributed by atoms with Crippen LogP contribution in [0.15, 0.2) is 29.2 Å². The van der Waals surface area contributed by atoms with E-state index in [0.29, 0.717) is 17.1 Å². The number of ether oxygens (including phenoxy) is 1. The standard InChI is InChI=1S/C14H17NO3S/c1-9-3-5-10(6-4-9)19(16,17)15-13-7-11-12(18-11)8-14(13,15)2/h3-6,11-13H,7-8H2,1-2H3/t11-,12+,13+,14-,15?/m0/s1. The highest BCUT2D eigenvalue weighted by Gasteiger charge is 2.72. The largest absolute Gasteiger partial charge is 0.369 e. The number of hydrogen-bond acceptors (Lipinski definition) is 3. The van der Waals surface area contributed by atoms with Crippen molar-refractivity contribution in [1.82, 2.24) is 4.31 Å². The van der Waals surface area contributed by atoms with E-state index in [0.717, 1.165) is 18.4 Å². The normalized spacial score (nSPS) is 43.3. The fourth-order valence-electron chi connectivity index (χ4n) is 3.50. The van der Waals surface area contributed by atoms with Crippen LogP contribution in [0.3, 0.4) is 0 Å². The molecule has 5 heteroatoms. The third kappa shape index (κ3) is 1.55. The lowest BCUT2D eigenvalue weighted by molar-refractivity contribution is 0.346. The molecular formula is C14H17NO3S. The van der Waals surface area contributed by atoms with Crippen LogP contribution < -0.4 is 0 Å². The first-order valence-corrected chi connectivity index (χ1v) is 8.13. The topological polar surface area (TPSA) is 49.7 Å². The van der Waals surface area contributed by atoms with Gasteiger partial charge in [-0.25, -0.2) is 8.42 Å². The monoisotopic (exact) mass is 279 g/mol. The molecule has 0 spiro atoms. The van der Waals surface area contributed by atoms with Gasteiger partial charge in [0.05, 0.1) is 22.6 Å². The SMILES string of the molecule is Cc1ccc(S(=O)(=O)N2[C@@H]3C[C@@H]4O[C@@H]4C[C@@]32C)cc1. The number of epoxide rings is 1. The summed E-state index contributed by atoms with van der Waals surface area (Å²) >= 11 is 0.